The molecule has 8 heteroatoms. The minimum Gasteiger partial charge on any atom is -0.465 e. The molecule has 8 nitrogen and oxygen atoms in total. The normalized spacial score (nSPS) is 20.9. The number of morpholine rings is 1. The molecule has 1 aromatic rings. The molecule has 2 heterocycles. The van der Waals surface area contributed by atoms with Crippen molar-refractivity contribution in [1.82, 2.24) is 0 Å². The number of quaternary nitrogens is 1. The average molecular weight is 321 g/mol. The fourth-order valence-corrected chi connectivity index (χ4v) is 2.79. The number of hydrogen-bond donors (Lipinski definition) is 1. The molecule has 1 saturated heterocycles. The number of hydrogen-bond acceptors (Lipinski definition) is 6. The molecular formula is C15H17N2O6+. The summed E-state index contributed by atoms with van der Waals surface area (Å²) in [6.07, 6.45) is 1.12. The molecular weight excluding hydrogens is 304 g/mol. The molecule has 0 saturated carbocycles. The van der Waals surface area contributed by atoms with E-state index in [4.69, 9.17) is 14.2 Å². The molecule has 0 bridgehead atoms. The molecule has 2 aliphatic heterocycles. The minimum atomic E-state index is -0.500. The summed E-state index contributed by atoms with van der Waals surface area (Å²) in [7, 11) is 1.30. The molecule has 1 fully saturated rings. The maximum atomic E-state index is 12.1. The van der Waals surface area contributed by atoms with Gasteiger partial charge in [-0.05, 0) is 12.1 Å². The van der Waals surface area contributed by atoms with Gasteiger partial charge in [-0.3, -0.25) is 15.0 Å². The van der Waals surface area contributed by atoms with Crippen LogP contribution in [-0.4, -0.2) is 50.5 Å². The van der Waals surface area contributed by atoms with Gasteiger partial charge in [-0.15, -0.1) is 0 Å². The number of esters is 1. The zero-order valence-corrected chi connectivity index (χ0v) is 12.6. The molecule has 0 aromatic heterocycles. The van der Waals surface area contributed by atoms with Gasteiger partial charge in [0.1, 0.15) is 24.4 Å². The van der Waals surface area contributed by atoms with E-state index in [2.05, 4.69) is 0 Å². The lowest BCUT2D eigenvalue weighted by molar-refractivity contribution is -0.944. The molecule has 0 spiro atoms. The lowest BCUT2D eigenvalue weighted by Crippen LogP contribution is -3.18. The molecule has 2 aliphatic rings. The van der Waals surface area contributed by atoms with Crippen LogP contribution in [0.4, 0.5) is 5.69 Å². The number of carbonyl (C=O) groups excluding carboxylic acids is 1. The van der Waals surface area contributed by atoms with E-state index in [1.807, 2.05) is 0 Å². The summed E-state index contributed by atoms with van der Waals surface area (Å²) < 4.78 is 16.1. The molecule has 0 unspecified atom stereocenters. The van der Waals surface area contributed by atoms with Gasteiger partial charge in [-0.1, -0.05) is 0 Å². The molecule has 1 aromatic carbocycles. The van der Waals surface area contributed by atoms with E-state index in [0.717, 1.165) is 4.90 Å². The zero-order valence-electron chi connectivity index (χ0n) is 12.6. The molecule has 0 amide bonds. The number of carbonyl (C=O) groups is 1. The smallest absolute Gasteiger partial charge is 0.343 e. The van der Waals surface area contributed by atoms with Gasteiger partial charge >= 0.3 is 5.97 Å². The Kier molecular flexibility index (Phi) is 4.26. The van der Waals surface area contributed by atoms with Crippen LogP contribution in [0, 0.1) is 10.1 Å². The standard InChI is InChI=1S/C15H16N2O6/c1-21-15(18)12-9-10-8-11(17(19)20)2-3-13(10)23-14(12)16-4-6-22-7-5-16/h2-3,8-9,14H,4-7H2,1H3/p+1/t14-/m1/s1. The molecule has 23 heavy (non-hydrogen) atoms. The van der Waals surface area contributed by atoms with Crippen molar-refractivity contribution >= 4 is 17.7 Å². The van der Waals surface area contributed by atoms with Crippen LogP contribution in [-0.2, 0) is 14.3 Å². The second-order valence-corrected chi connectivity index (χ2v) is 5.34. The van der Waals surface area contributed by atoms with E-state index in [-0.39, 0.29) is 5.69 Å². The van der Waals surface area contributed by atoms with Crippen LogP contribution in [0.3, 0.4) is 0 Å². The van der Waals surface area contributed by atoms with Crippen LogP contribution in [0.5, 0.6) is 5.75 Å². The quantitative estimate of drug-likeness (QED) is 0.470. The largest absolute Gasteiger partial charge is 0.465 e. The Balaban J connectivity index is 1.98. The van der Waals surface area contributed by atoms with Crippen molar-refractivity contribution in [3.05, 3.63) is 39.4 Å². The number of non-ortho nitro benzene ring substituents is 1. The Labute approximate surface area is 132 Å². The maximum Gasteiger partial charge on any atom is 0.343 e. The van der Waals surface area contributed by atoms with Gasteiger partial charge in [0.15, 0.2) is 0 Å². The highest BCUT2D eigenvalue weighted by Crippen LogP contribution is 2.31. The van der Waals surface area contributed by atoms with Gasteiger partial charge in [0.25, 0.3) is 11.9 Å². The highest BCUT2D eigenvalue weighted by Gasteiger charge is 2.37. The third kappa shape index (κ3) is 3.03. The number of rotatable bonds is 3. The Morgan fingerprint density at radius 3 is 2.78 bits per heavy atom. The summed E-state index contributed by atoms with van der Waals surface area (Å²) in [6, 6.07) is 4.34. The number of methoxy groups -OCH3 is 1. The van der Waals surface area contributed by atoms with Crippen LogP contribution in [0.1, 0.15) is 5.56 Å². The van der Waals surface area contributed by atoms with Crippen molar-refractivity contribution in [3.8, 4) is 5.75 Å². The Morgan fingerprint density at radius 1 is 1.39 bits per heavy atom. The van der Waals surface area contributed by atoms with Crippen molar-refractivity contribution in [2.24, 2.45) is 0 Å². The number of nitrogens with zero attached hydrogens (tertiary/aromatic N) is 1. The number of ether oxygens (including phenoxy) is 3. The Hall–Kier alpha value is -2.45. The van der Waals surface area contributed by atoms with E-state index >= 15 is 0 Å². The van der Waals surface area contributed by atoms with E-state index in [1.165, 1.54) is 19.2 Å². The molecule has 1 N–H and O–H groups in total. The number of nitro groups is 1. The topological polar surface area (TPSA) is 92.3 Å². The van der Waals surface area contributed by atoms with Crippen LogP contribution >= 0.6 is 0 Å². The number of nitrogens with one attached hydrogen (secondary N) is 1. The fourth-order valence-electron chi connectivity index (χ4n) is 2.79. The summed E-state index contributed by atoms with van der Waals surface area (Å²) in [6.45, 7) is 2.61. The fraction of sp³-hybridized carbons (Fsp3) is 0.400. The van der Waals surface area contributed by atoms with E-state index < -0.39 is 17.1 Å². The van der Waals surface area contributed by atoms with Gasteiger partial charge in [0.2, 0.25) is 0 Å². The second-order valence-electron chi connectivity index (χ2n) is 5.34. The predicted molar refractivity (Wildman–Crippen MR) is 79.0 cm³/mol. The van der Waals surface area contributed by atoms with E-state index in [1.54, 1.807) is 12.1 Å². The number of fused-ring (bicyclic) bond motifs is 1. The van der Waals surface area contributed by atoms with Gasteiger partial charge in [0.05, 0.1) is 25.2 Å². The van der Waals surface area contributed by atoms with Crippen LogP contribution in [0.15, 0.2) is 23.8 Å². The van der Waals surface area contributed by atoms with Crippen molar-refractivity contribution in [3.63, 3.8) is 0 Å². The second kappa shape index (κ2) is 6.35. The van der Waals surface area contributed by atoms with E-state index in [9.17, 15) is 14.9 Å². The van der Waals surface area contributed by atoms with Crippen LogP contribution in [0.2, 0.25) is 0 Å². The third-order valence-corrected chi connectivity index (χ3v) is 3.97. The van der Waals surface area contributed by atoms with Crippen molar-refractivity contribution in [2.45, 2.75) is 6.23 Å². The van der Waals surface area contributed by atoms with Gasteiger partial charge < -0.3 is 14.2 Å². The first-order valence-electron chi connectivity index (χ1n) is 7.27. The van der Waals surface area contributed by atoms with Crippen molar-refractivity contribution in [1.29, 1.82) is 0 Å². The lowest BCUT2D eigenvalue weighted by atomic mass is 10.0. The molecule has 3 rings (SSSR count). The monoisotopic (exact) mass is 321 g/mol. The number of benzene rings is 1. The minimum absolute atomic E-state index is 0.0509. The maximum absolute atomic E-state index is 12.1. The Morgan fingerprint density at radius 2 is 2.13 bits per heavy atom. The van der Waals surface area contributed by atoms with E-state index in [0.29, 0.717) is 43.2 Å². The summed E-state index contributed by atoms with van der Waals surface area (Å²) in [5.74, 6) is 0.0263. The Bertz CT molecular complexity index is 666. The molecule has 0 radical (unpaired) electrons. The zero-order chi connectivity index (χ0) is 16.4. The average Bonchev–Trinajstić information content (AvgIpc) is 2.60. The lowest BCUT2D eigenvalue weighted by Gasteiger charge is -2.34. The molecule has 0 aliphatic carbocycles. The summed E-state index contributed by atoms with van der Waals surface area (Å²) in [5.41, 5.74) is 0.811. The summed E-state index contributed by atoms with van der Waals surface area (Å²) >= 11 is 0. The highest BCUT2D eigenvalue weighted by molar-refractivity contribution is 5.95. The summed E-state index contributed by atoms with van der Waals surface area (Å²) in [4.78, 5) is 23.6. The first-order valence-corrected chi connectivity index (χ1v) is 7.27. The first-order chi connectivity index (χ1) is 11.1. The van der Waals surface area contributed by atoms with Crippen molar-refractivity contribution in [2.75, 3.05) is 33.4 Å². The summed E-state index contributed by atoms with van der Waals surface area (Å²) in [5, 5.41) is 10.9. The van der Waals surface area contributed by atoms with Gasteiger partial charge in [-0.2, -0.15) is 0 Å². The predicted octanol–water partition coefficient (Wildman–Crippen LogP) is -0.215. The van der Waals surface area contributed by atoms with Gasteiger partial charge in [0, 0.05) is 17.7 Å². The molecule has 1 atom stereocenters. The first kappa shape index (κ1) is 15.4. The van der Waals surface area contributed by atoms with Crippen LogP contribution in [0.25, 0.3) is 6.08 Å². The third-order valence-electron chi connectivity index (χ3n) is 3.97. The van der Waals surface area contributed by atoms with Crippen LogP contribution < -0.4 is 9.64 Å². The number of nitro benzene ring substituents is 1. The SMILES string of the molecule is COC(=O)C1=Cc2cc([N+](=O)[O-])ccc2O[C@H]1[NH+]1CCOCC1. The van der Waals surface area contributed by atoms with Crippen molar-refractivity contribution < 1.29 is 28.8 Å². The van der Waals surface area contributed by atoms with Gasteiger partial charge in [-0.25, -0.2) is 4.79 Å². The molecule has 122 valence electrons. The highest BCUT2D eigenvalue weighted by atomic mass is 16.6.